The summed E-state index contributed by atoms with van der Waals surface area (Å²) in [7, 11) is 1.65. The van der Waals surface area contributed by atoms with Gasteiger partial charge < -0.3 is 13.7 Å². The van der Waals surface area contributed by atoms with Crippen molar-refractivity contribution in [3.05, 3.63) is 95.5 Å². The van der Waals surface area contributed by atoms with Crippen LogP contribution in [0.3, 0.4) is 0 Å². The summed E-state index contributed by atoms with van der Waals surface area (Å²) in [5.74, 6) is 0.641. The van der Waals surface area contributed by atoms with Gasteiger partial charge in [-0.1, -0.05) is 30.3 Å². The summed E-state index contributed by atoms with van der Waals surface area (Å²) < 4.78 is 13.1. The number of amides is 1. The van der Waals surface area contributed by atoms with Crippen LogP contribution >= 0.6 is 0 Å². The van der Waals surface area contributed by atoms with Crippen LogP contribution in [0.2, 0.25) is 0 Å². The number of hydrazone groups is 1. The van der Waals surface area contributed by atoms with Gasteiger partial charge in [-0.3, -0.25) is 4.79 Å². The van der Waals surface area contributed by atoms with Crippen LogP contribution in [0.15, 0.2) is 82.3 Å². The number of hydrogen-bond acceptors (Lipinski definition) is 4. The van der Waals surface area contributed by atoms with Crippen molar-refractivity contribution < 1.29 is 13.9 Å². The normalized spacial score (nSPS) is 11.5. The van der Waals surface area contributed by atoms with Crippen LogP contribution < -0.4 is 10.2 Å². The molecule has 1 N–H and O–H groups in total. The van der Waals surface area contributed by atoms with E-state index in [-0.39, 0.29) is 5.76 Å². The highest BCUT2D eigenvalue weighted by Gasteiger charge is 2.14. The van der Waals surface area contributed by atoms with Crippen LogP contribution in [0.25, 0.3) is 27.4 Å². The second kappa shape index (κ2) is 8.31. The smallest absolute Gasteiger partial charge is 0.307 e. The summed E-state index contributed by atoms with van der Waals surface area (Å²) in [6, 6.07) is 23.5. The quantitative estimate of drug-likeness (QED) is 0.280. The average Bonchev–Trinajstić information content (AvgIpc) is 3.40. The van der Waals surface area contributed by atoms with Crippen molar-refractivity contribution in [3.63, 3.8) is 0 Å². The molecule has 6 nitrogen and oxygen atoms in total. The van der Waals surface area contributed by atoms with E-state index < -0.39 is 5.91 Å². The van der Waals surface area contributed by atoms with Gasteiger partial charge in [0.25, 0.3) is 0 Å². The molecule has 3 aromatic carbocycles. The molecule has 0 spiro atoms. The number of ether oxygens (including phenoxy) is 1. The molecule has 2 aromatic heterocycles. The van der Waals surface area contributed by atoms with Gasteiger partial charge in [0, 0.05) is 28.0 Å². The van der Waals surface area contributed by atoms with Gasteiger partial charge in [0.05, 0.1) is 13.3 Å². The number of nitrogens with zero attached hydrogens (tertiary/aromatic N) is 2. The first-order valence-electron chi connectivity index (χ1n) is 10.6. The SMILES string of the molecule is COc1ccc(-n2c(C)cc(C=NNC(=O)c3cc4c(ccc5ccccc54)o3)c2C)cc1. The van der Waals surface area contributed by atoms with Crippen LogP contribution in [-0.2, 0) is 0 Å². The highest BCUT2D eigenvalue weighted by atomic mass is 16.5. The third kappa shape index (κ3) is 3.76. The molecule has 2 heterocycles. The number of rotatable bonds is 5. The Morgan fingerprint density at radius 1 is 1.00 bits per heavy atom. The summed E-state index contributed by atoms with van der Waals surface area (Å²) in [4.78, 5) is 12.6. The predicted octanol–water partition coefficient (Wildman–Crippen LogP) is 5.77. The number of fused-ring (bicyclic) bond motifs is 3. The molecule has 0 aliphatic carbocycles. The Kier molecular flexibility index (Phi) is 5.18. The lowest BCUT2D eigenvalue weighted by Gasteiger charge is -2.10. The van der Waals surface area contributed by atoms with E-state index >= 15 is 0 Å². The van der Waals surface area contributed by atoms with Crippen LogP contribution in [-0.4, -0.2) is 23.8 Å². The van der Waals surface area contributed by atoms with E-state index in [2.05, 4.69) is 15.1 Å². The Morgan fingerprint density at radius 3 is 2.58 bits per heavy atom. The Bertz CT molecular complexity index is 1510. The number of hydrogen-bond donors (Lipinski definition) is 1. The summed E-state index contributed by atoms with van der Waals surface area (Å²) in [5.41, 5.74) is 7.28. The molecule has 0 fully saturated rings. The van der Waals surface area contributed by atoms with Gasteiger partial charge in [0.1, 0.15) is 11.3 Å². The monoisotopic (exact) mass is 437 g/mol. The molecular formula is C27H23N3O3. The molecule has 0 aliphatic rings. The van der Waals surface area contributed by atoms with Crippen molar-refractivity contribution in [2.75, 3.05) is 7.11 Å². The zero-order valence-corrected chi connectivity index (χ0v) is 18.6. The van der Waals surface area contributed by atoms with E-state index in [9.17, 15) is 4.79 Å². The lowest BCUT2D eigenvalue weighted by molar-refractivity contribution is 0.0929. The van der Waals surface area contributed by atoms with Crippen molar-refractivity contribution in [2.24, 2.45) is 5.10 Å². The molecule has 0 aliphatic heterocycles. The van der Waals surface area contributed by atoms with Crippen molar-refractivity contribution >= 4 is 33.9 Å². The Hall–Kier alpha value is -4.32. The summed E-state index contributed by atoms with van der Waals surface area (Å²) in [6.07, 6.45) is 1.65. The molecular weight excluding hydrogens is 414 g/mol. The fraction of sp³-hybridized carbons (Fsp3) is 0.111. The van der Waals surface area contributed by atoms with E-state index in [4.69, 9.17) is 9.15 Å². The first-order valence-corrected chi connectivity index (χ1v) is 10.6. The topological polar surface area (TPSA) is 68.8 Å². The van der Waals surface area contributed by atoms with E-state index in [1.165, 1.54) is 0 Å². The largest absolute Gasteiger partial charge is 0.497 e. The second-order valence-electron chi connectivity index (χ2n) is 7.87. The molecule has 6 heteroatoms. The fourth-order valence-corrected chi connectivity index (χ4v) is 4.17. The second-order valence-corrected chi connectivity index (χ2v) is 7.87. The van der Waals surface area contributed by atoms with Crippen molar-refractivity contribution in [2.45, 2.75) is 13.8 Å². The zero-order chi connectivity index (χ0) is 22.9. The summed E-state index contributed by atoms with van der Waals surface area (Å²) in [6.45, 7) is 4.05. The van der Waals surface area contributed by atoms with Crippen molar-refractivity contribution in [3.8, 4) is 11.4 Å². The number of furan rings is 1. The van der Waals surface area contributed by atoms with Gasteiger partial charge in [-0.05, 0) is 67.1 Å². The maximum absolute atomic E-state index is 12.6. The maximum Gasteiger partial charge on any atom is 0.307 e. The predicted molar refractivity (Wildman–Crippen MR) is 131 cm³/mol. The first-order chi connectivity index (χ1) is 16.0. The molecule has 0 radical (unpaired) electrons. The van der Waals surface area contributed by atoms with Crippen LogP contribution in [0.1, 0.15) is 27.5 Å². The minimum absolute atomic E-state index is 0.224. The molecule has 0 atom stereocenters. The van der Waals surface area contributed by atoms with Crippen LogP contribution in [0.4, 0.5) is 0 Å². The molecule has 0 saturated heterocycles. The van der Waals surface area contributed by atoms with Crippen LogP contribution in [0, 0.1) is 13.8 Å². The Labute approximate surface area is 191 Å². The van der Waals surface area contributed by atoms with Gasteiger partial charge in [-0.15, -0.1) is 0 Å². The highest BCUT2D eigenvalue weighted by Crippen LogP contribution is 2.28. The van der Waals surface area contributed by atoms with E-state index in [1.807, 2.05) is 80.6 Å². The average molecular weight is 437 g/mol. The third-order valence-corrected chi connectivity index (χ3v) is 5.82. The molecule has 0 saturated carbocycles. The molecule has 33 heavy (non-hydrogen) atoms. The molecule has 1 amide bonds. The molecule has 0 unspecified atom stereocenters. The van der Waals surface area contributed by atoms with Gasteiger partial charge in [-0.2, -0.15) is 5.10 Å². The van der Waals surface area contributed by atoms with Crippen LogP contribution in [0.5, 0.6) is 5.75 Å². The molecule has 5 rings (SSSR count). The van der Waals surface area contributed by atoms with Gasteiger partial charge in [-0.25, -0.2) is 5.43 Å². The summed E-state index contributed by atoms with van der Waals surface area (Å²) in [5, 5.41) is 7.22. The number of carbonyl (C=O) groups excluding carboxylic acids is 1. The minimum Gasteiger partial charge on any atom is -0.497 e. The Balaban J connectivity index is 1.36. The standard InChI is InChI=1S/C27H23N3O3/c1-17-14-20(18(2)30(17)21-9-11-22(32-3)12-10-21)16-28-29-27(31)26-15-24-23-7-5-4-6-19(23)8-13-25(24)33-26/h4-16H,1-3H3,(H,29,31). The number of aromatic nitrogens is 1. The highest BCUT2D eigenvalue weighted by molar-refractivity contribution is 6.08. The maximum atomic E-state index is 12.6. The van der Waals surface area contributed by atoms with Crippen molar-refractivity contribution in [1.29, 1.82) is 0 Å². The molecule has 164 valence electrons. The minimum atomic E-state index is -0.393. The molecule has 0 bridgehead atoms. The number of methoxy groups -OCH3 is 1. The lowest BCUT2D eigenvalue weighted by atomic mass is 10.1. The number of nitrogens with one attached hydrogen (secondary N) is 1. The number of carbonyl (C=O) groups is 1. The van der Waals surface area contributed by atoms with Gasteiger partial charge in [0.15, 0.2) is 5.76 Å². The van der Waals surface area contributed by atoms with Crippen molar-refractivity contribution in [1.82, 2.24) is 9.99 Å². The van der Waals surface area contributed by atoms with E-state index in [0.29, 0.717) is 5.58 Å². The first kappa shape index (κ1) is 20.6. The zero-order valence-electron chi connectivity index (χ0n) is 18.6. The van der Waals surface area contributed by atoms with Gasteiger partial charge >= 0.3 is 5.91 Å². The Morgan fingerprint density at radius 2 is 1.79 bits per heavy atom. The van der Waals surface area contributed by atoms with E-state index in [1.54, 1.807) is 19.4 Å². The van der Waals surface area contributed by atoms with Gasteiger partial charge in [0.2, 0.25) is 0 Å². The molecule has 5 aromatic rings. The lowest BCUT2D eigenvalue weighted by Crippen LogP contribution is -2.16. The number of aryl methyl sites for hydroxylation is 1. The fourth-order valence-electron chi connectivity index (χ4n) is 4.17. The van der Waals surface area contributed by atoms with E-state index in [0.717, 1.165) is 44.5 Å². The third-order valence-electron chi connectivity index (χ3n) is 5.82. The summed E-state index contributed by atoms with van der Waals surface area (Å²) >= 11 is 0. The number of benzene rings is 3.